The molecule has 0 aliphatic heterocycles. The van der Waals surface area contributed by atoms with Crippen molar-refractivity contribution in [2.45, 2.75) is 0 Å². The summed E-state index contributed by atoms with van der Waals surface area (Å²) in [6.45, 7) is 0. The average molecular weight is 190 g/mol. The SMILES string of the molecule is NC(=O)c1nccc2c(=O)[nH]cnc12. The normalized spacial score (nSPS) is 10.3. The topological polar surface area (TPSA) is 102 Å². The van der Waals surface area contributed by atoms with E-state index in [0.717, 1.165) is 0 Å². The smallest absolute Gasteiger partial charge is 0.269 e. The Morgan fingerprint density at radius 3 is 2.93 bits per heavy atom. The van der Waals surface area contributed by atoms with Crippen molar-refractivity contribution in [3.63, 3.8) is 0 Å². The Bertz CT molecular complexity index is 561. The van der Waals surface area contributed by atoms with E-state index in [1.807, 2.05) is 0 Å². The lowest BCUT2D eigenvalue weighted by Gasteiger charge is -1.98. The molecular formula is C8H6N4O2. The Hall–Kier alpha value is -2.24. The fourth-order valence-corrected chi connectivity index (χ4v) is 1.18. The predicted molar refractivity (Wildman–Crippen MR) is 48.7 cm³/mol. The van der Waals surface area contributed by atoms with E-state index in [2.05, 4.69) is 15.0 Å². The number of carbonyl (C=O) groups is 1. The number of hydrogen-bond donors (Lipinski definition) is 2. The molecule has 2 aromatic rings. The number of aromatic amines is 1. The zero-order chi connectivity index (χ0) is 10.1. The molecule has 0 saturated heterocycles. The minimum absolute atomic E-state index is 0.00796. The number of H-pyrrole nitrogens is 1. The first-order valence-corrected chi connectivity index (χ1v) is 3.82. The summed E-state index contributed by atoms with van der Waals surface area (Å²) in [7, 11) is 0. The van der Waals surface area contributed by atoms with Gasteiger partial charge in [-0.25, -0.2) is 9.97 Å². The van der Waals surface area contributed by atoms with Crippen molar-refractivity contribution in [2.24, 2.45) is 5.73 Å². The number of carbonyl (C=O) groups excluding carboxylic acids is 1. The monoisotopic (exact) mass is 190 g/mol. The van der Waals surface area contributed by atoms with Gasteiger partial charge in [0, 0.05) is 6.20 Å². The maximum atomic E-state index is 11.3. The largest absolute Gasteiger partial charge is 0.364 e. The number of nitrogens with zero attached hydrogens (tertiary/aromatic N) is 2. The zero-order valence-corrected chi connectivity index (χ0v) is 7.02. The first kappa shape index (κ1) is 8.36. The molecule has 2 heterocycles. The van der Waals surface area contributed by atoms with Gasteiger partial charge in [0.25, 0.3) is 11.5 Å². The number of hydrogen-bond acceptors (Lipinski definition) is 4. The van der Waals surface area contributed by atoms with Crippen molar-refractivity contribution in [3.05, 3.63) is 34.6 Å². The van der Waals surface area contributed by atoms with E-state index in [-0.39, 0.29) is 16.8 Å². The number of amides is 1. The van der Waals surface area contributed by atoms with E-state index in [4.69, 9.17) is 5.73 Å². The molecular weight excluding hydrogens is 184 g/mol. The number of rotatable bonds is 1. The molecule has 0 bridgehead atoms. The molecule has 0 radical (unpaired) electrons. The molecule has 2 aromatic heterocycles. The van der Waals surface area contributed by atoms with Crippen molar-refractivity contribution >= 4 is 16.8 Å². The first-order chi connectivity index (χ1) is 6.70. The van der Waals surface area contributed by atoms with E-state index < -0.39 is 5.91 Å². The van der Waals surface area contributed by atoms with E-state index >= 15 is 0 Å². The summed E-state index contributed by atoms with van der Waals surface area (Å²) in [4.78, 5) is 32.2. The summed E-state index contributed by atoms with van der Waals surface area (Å²) >= 11 is 0. The highest BCUT2D eigenvalue weighted by Gasteiger charge is 2.10. The maximum absolute atomic E-state index is 11.3. The second-order valence-electron chi connectivity index (χ2n) is 2.65. The third-order valence-corrected chi connectivity index (χ3v) is 1.79. The quantitative estimate of drug-likeness (QED) is 0.627. The zero-order valence-electron chi connectivity index (χ0n) is 7.02. The van der Waals surface area contributed by atoms with E-state index in [9.17, 15) is 9.59 Å². The molecule has 6 heteroatoms. The van der Waals surface area contributed by atoms with Gasteiger partial charge < -0.3 is 10.7 Å². The van der Waals surface area contributed by atoms with Gasteiger partial charge in [-0.2, -0.15) is 0 Å². The van der Waals surface area contributed by atoms with Crippen LogP contribution in [0, 0.1) is 0 Å². The van der Waals surface area contributed by atoms with Gasteiger partial charge in [-0.3, -0.25) is 9.59 Å². The van der Waals surface area contributed by atoms with Crippen LogP contribution in [0.1, 0.15) is 10.5 Å². The standard InChI is InChI=1S/C8H6N4O2/c9-7(13)6-5-4(1-2-10-6)8(14)12-3-11-5/h1-3H,(H2,9,13)(H,11,12,14). The fraction of sp³-hybridized carbons (Fsp3) is 0. The van der Waals surface area contributed by atoms with Crippen LogP contribution in [0.15, 0.2) is 23.4 Å². The molecule has 0 atom stereocenters. The van der Waals surface area contributed by atoms with Gasteiger partial charge in [0.15, 0.2) is 5.69 Å². The van der Waals surface area contributed by atoms with E-state index in [1.54, 1.807) is 0 Å². The van der Waals surface area contributed by atoms with Gasteiger partial charge in [0.2, 0.25) is 0 Å². The van der Waals surface area contributed by atoms with Gasteiger partial charge in [0.1, 0.15) is 5.52 Å². The first-order valence-electron chi connectivity index (χ1n) is 3.82. The third kappa shape index (κ3) is 1.13. The summed E-state index contributed by atoms with van der Waals surface area (Å²) < 4.78 is 0. The summed E-state index contributed by atoms with van der Waals surface area (Å²) in [5, 5.41) is 0.302. The minimum Gasteiger partial charge on any atom is -0.364 e. The van der Waals surface area contributed by atoms with Gasteiger partial charge in [-0.1, -0.05) is 0 Å². The highest BCUT2D eigenvalue weighted by molar-refractivity contribution is 6.02. The molecule has 0 saturated carbocycles. The number of nitrogens with two attached hydrogens (primary N) is 1. The average Bonchev–Trinajstić information content (AvgIpc) is 2.17. The summed E-state index contributed by atoms with van der Waals surface area (Å²) in [6.07, 6.45) is 2.55. The molecule has 6 nitrogen and oxygen atoms in total. The highest BCUT2D eigenvalue weighted by atomic mass is 16.1. The number of fused-ring (bicyclic) bond motifs is 1. The predicted octanol–water partition coefficient (Wildman–Crippen LogP) is -0.583. The van der Waals surface area contributed by atoms with Crippen molar-refractivity contribution in [3.8, 4) is 0 Å². The van der Waals surface area contributed by atoms with Gasteiger partial charge in [-0.05, 0) is 6.07 Å². The molecule has 0 spiro atoms. The van der Waals surface area contributed by atoms with Crippen molar-refractivity contribution in [1.82, 2.24) is 15.0 Å². The number of aromatic nitrogens is 3. The summed E-state index contributed by atoms with van der Waals surface area (Å²) in [5.41, 5.74) is 4.99. The van der Waals surface area contributed by atoms with E-state index in [1.165, 1.54) is 18.6 Å². The molecule has 0 fully saturated rings. The minimum atomic E-state index is -0.700. The fourth-order valence-electron chi connectivity index (χ4n) is 1.18. The van der Waals surface area contributed by atoms with E-state index in [0.29, 0.717) is 5.39 Å². The maximum Gasteiger partial charge on any atom is 0.269 e. The second-order valence-corrected chi connectivity index (χ2v) is 2.65. The van der Waals surface area contributed by atoms with Crippen LogP contribution >= 0.6 is 0 Å². The molecule has 2 rings (SSSR count). The van der Waals surface area contributed by atoms with Gasteiger partial charge in [0.05, 0.1) is 11.7 Å². The van der Waals surface area contributed by atoms with Crippen LogP contribution in [-0.4, -0.2) is 20.9 Å². The van der Waals surface area contributed by atoms with Crippen LogP contribution < -0.4 is 11.3 Å². The number of nitrogens with one attached hydrogen (secondary N) is 1. The van der Waals surface area contributed by atoms with Gasteiger partial charge in [-0.15, -0.1) is 0 Å². The Morgan fingerprint density at radius 2 is 2.21 bits per heavy atom. The second kappa shape index (κ2) is 2.91. The van der Waals surface area contributed by atoms with Gasteiger partial charge >= 0.3 is 0 Å². The molecule has 0 unspecified atom stereocenters. The number of pyridine rings is 1. The van der Waals surface area contributed by atoms with Crippen molar-refractivity contribution in [2.75, 3.05) is 0 Å². The summed E-state index contributed by atoms with van der Waals surface area (Å²) in [6, 6.07) is 1.48. The Balaban J connectivity index is 2.95. The molecule has 0 aromatic carbocycles. The third-order valence-electron chi connectivity index (χ3n) is 1.79. The van der Waals surface area contributed by atoms with Crippen LogP contribution in [0.3, 0.4) is 0 Å². The Morgan fingerprint density at radius 1 is 1.43 bits per heavy atom. The van der Waals surface area contributed by atoms with Crippen molar-refractivity contribution in [1.29, 1.82) is 0 Å². The molecule has 0 aliphatic carbocycles. The molecule has 0 aliphatic rings. The molecule has 14 heavy (non-hydrogen) atoms. The lowest BCUT2D eigenvalue weighted by molar-refractivity contribution is 0.0997. The molecule has 3 N–H and O–H groups in total. The summed E-state index contributed by atoms with van der Waals surface area (Å²) in [5.74, 6) is -0.700. The lowest BCUT2D eigenvalue weighted by Crippen LogP contribution is -2.16. The van der Waals surface area contributed by atoms with Crippen LogP contribution in [0.25, 0.3) is 10.9 Å². The Labute approximate surface area is 77.8 Å². The lowest BCUT2D eigenvalue weighted by atomic mass is 10.2. The van der Waals surface area contributed by atoms with Crippen LogP contribution in [0.4, 0.5) is 0 Å². The van der Waals surface area contributed by atoms with Crippen LogP contribution in [-0.2, 0) is 0 Å². The number of primary amides is 1. The molecule has 1 amide bonds. The van der Waals surface area contributed by atoms with Crippen LogP contribution in [0.2, 0.25) is 0 Å². The highest BCUT2D eigenvalue weighted by Crippen LogP contribution is 2.07. The Kier molecular flexibility index (Phi) is 1.74. The molecule has 70 valence electrons. The van der Waals surface area contributed by atoms with Crippen LogP contribution in [0.5, 0.6) is 0 Å². The van der Waals surface area contributed by atoms with Crippen molar-refractivity contribution < 1.29 is 4.79 Å².